The number of ether oxygens (including phenoxy) is 3. The zero-order chi connectivity index (χ0) is 22.2. The van der Waals surface area contributed by atoms with Gasteiger partial charge in [0, 0.05) is 13.1 Å². The van der Waals surface area contributed by atoms with Crippen LogP contribution in [-0.4, -0.2) is 61.6 Å². The average molecular weight is 419 g/mol. The first-order valence-electron chi connectivity index (χ1n) is 9.03. The number of benzene rings is 2. The number of carboxylic acids is 2. The van der Waals surface area contributed by atoms with Gasteiger partial charge in [0.2, 0.25) is 0 Å². The number of hydrogen-bond donors (Lipinski definition) is 3. The van der Waals surface area contributed by atoms with Crippen molar-refractivity contribution in [2.75, 3.05) is 33.5 Å². The summed E-state index contributed by atoms with van der Waals surface area (Å²) in [6.45, 7) is 3.26. The molecule has 0 amide bonds. The van der Waals surface area contributed by atoms with Crippen molar-refractivity contribution in [1.29, 1.82) is 0 Å². The second-order valence-corrected chi connectivity index (χ2v) is 5.75. The Hall–Kier alpha value is -3.43. The summed E-state index contributed by atoms with van der Waals surface area (Å²) in [6.07, 6.45) is 0. The Bertz CT molecular complexity index is 765. The number of esters is 1. The Morgan fingerprint density at radius 3 is 2.07 bits per heavy atom. The van der Waals surface area contributed by atoms with Gasteiger partial charge in [0.1, 0.15) is 12.4 Å². The standard InChI is InChI=1S/C19H23NO4.C2H2O4/c1-22-19(21)17-7-9-18(10-8-17)24-14-13-23-12-11-20-15-16-5-3-2-4-6-16;3-1(4)2(5)6/h2-10,20H,11-15H2,1H3;(H,3,4)(H,5,6). The second kappa shape index (κ2) is 14.6. The van der Waals surface area contributed by atoms with Crippen molar-refractivity contribution < 1.29 is 38.8 Å². The molecule has 0 saturated carbocycles. The Morgan fingerprint density at radius 2 is 1.50 bits per heavy atom. The van der Waals surface area contributed by atoms with Crippen molar-refractivity contribution in [2.24, 2.45) is 0 Å². The minimum absolute atomic E-state index is 0.354. The summed E-state index contributed by atoms with van der Waals surface area (Å²) < 4.78 is 15.7. The predicted octanol–water partition coefficient (Wildman–Crippen LogP) is 1.81. The number of carbonyl (C=O) groups is 3. The van der Waals surface area contributed by atoms with Crippen LogP contribution in [0.2, 0.25) is 0 Å². The number of carbonyl (C=O) groups excluding carboxylic acids is 1. The molecule has 2 aromatic rings. The lowest BCUT2D eigenvalue weighted by Crippen LogP contribution is -2.20. The summed E-state index contributed by atoms with van der Waals surface area (Å²) in [5.74, 6) is -3.30. The molecule has 0 aliphatic carbocycles. The van der Waals surface area contributed by atoms with Gasteiger partial charge in [-0.15, -0.1) is 0 Å². The van der Waals surface area contributed by atoms with Crippen LogP contribution >= 0.6 is 0 Å². The maximum Gasteiger partial charge on any atom is 0.414 e. The molecule has 0 fully saturated rings. The Balaban J connectivity index is 0.000000656. The van der Waals surface area contributed by atoms with Crippen molar-refractivity contribution in [3.63, 3.8) is 0 Å². The van der Waals surface area contributed by atoms with Crippen LogP contribution in [-0.2, 0) is 25.6 Å². The summed E-state index contributed by atoms with van der Waals surface area (Å²) in [5, 5.41) is 18.1. The van der Waals surface area contributed by atoms with E-state index in [2.05, 4.69) is 22.2 Å². The summed E-state index contributed by atoms with van der Waals surface area (Å²) in [6, 6.07) is 17.1. The normalized spacial score (nSPS) is 9.77. The highest BCUT2D eigenvalue weighted by Gasteiger charge is 2.05. The third kappa shape index (κ3) is 10.8. The molecule has 162 valence electrons. The van der Waals surface area contributed by atoms with Gasteiger partial charge in [-0.25, -0.2) is 14.4 Å². The van der Waals surface area contributed by atoms with Crippen LogP contribution in [0.15, 0.2) is 54.6 Å². The highest BCUT2D eigenvalue weighted by atomic mass is 16.5. The molecule has 0 aliphatic rings. The molecule has 0 atom stereocenters. The van der Waals surface area contributed by atoms with E-state index in [9.17, 15) is 4.79 Å². The summed E-state index contributed by atoms with van der Waals surface area (Å²) in [5.41, 5.74) is 1.77. The molecule has 0 heterocycles. The SMILES string of the molecule is COC(=O)c1ccc(OCCOCCNCc2ccccc2)cc1.O=C(O)C(=O)O. The van der Waals surface area contributed by atoms with E-state index >= 15 is 0 Å². The monoisotopic (exact) mass is 419 g/mol. The highest BCUT2D eigenvalue weighted by Crippen LogP contribution is 2.12. The molecular weight excluding hydrogens is 394 g/mol. The van der Waals surface area contributed by atoms with E-state index in [1.165, 1.54) is 12.7 Å². The van der Waals surface area contributed by atoms with E-state index < -0.39 is 11.9 Å². The fraction of sp³-hybridized carbons (Fsp3) is 0.286. The van der Waals surface area contributed by atoms with Gasteiger partial charge in [-0.1, -0.05) is 30.3 Å². The van der Waals surface area contributed by atoms with Gasteiger partial charge in [0.25, 0.3) is 0 Å². The minimum Gasteiger partial charge on any atom is -0.491 e. The van der Waals surface area contributed by atoms with Crippen molar-refractivity contribution in [1.82, 2.24) is 5.32 Å². The highest BCUT2D eigenvalue weighted by molar-refractivity contribution is 6.27. The van der Waals surface area contributed by atoms with E-state index in [-0.39, 0.29) is 5.97 Å². The average Bonchev–Trinajstić information content (AvgIpc) is 2.76. The summed E-state index contributed by atoms with van der Waals surface area (Å²) in [7, 11) is 1.36. The molecule has 0 aliphatic heterocycles. The zero-order valence-corrected chi connectivity index (χ0v) is 16.6. The van der Waals surface area contributed by atoms with Gasteiger partial charge in [0.05, 0.1) is 25.9 Å². The van der Waals surface area contributed by atoms with E-state index in [4.69, 9.17) is 29.3 Å². The fourth-order valence-electron chi connectivity index (χ4n) is 2.10. The topological polar surface area (TPSA) is 131 Å². The first kappa shape index (κ1) is 24.6. The number of rotatable bonds is 10. The van der Waals surface area contributed by atoms with Gasteiger partial charge in [-0.05, 0) is 29.8 Å². The Labute approximate surface area is 174 Å². The van der Waals surface area contributed by atoms with Gasteiger partial charge in [0.15, 0.2) is 0 Å². The quantitative estimate of drug-likeness (QED) is 0.300. The molecular formula is C21H25NO8. The minimum atomic E-state index is -1.82. The van der Waals surface area contributed by atoms with E-state index in [0.717, 1.165) is 13.1 Å². The smallest absolute Gasteiger partial charge is 0.414 e. The largest absolute Gasteiger partial charge is 0.491 e. The van der Waals surface area contributed by atoms with E-state index in [0.29, 0.717) is 31.1 Å². The molecule has 2 rings (SSSR count). The zero-order valence-electron chi connectivity index (χ0n) is 16.6. The molecule has 0 saturated heterocycles. The predicted molar refractivity (Wildman–Crippen MR) is 108 cm³/mol. The first-order chi connectivity index (χ1) is 14.4. The van der Waals surface area contributed by atoms with Crippen LogP contribution in [0.25, 0.3) is 0 Å². The van der Waals surface area contributed by atoms with Crippen LogP contribution in [0.4, 0.5) is 0 Å². The maximum atomic E-state index is 11.3. The molecule has 9 heteroatoms. The van der Waals surface area contributed by atoms with Crippen molar-refractivity contribution >= 4 is 17.9 Å². The molecule has 0 unspecified atom stereocenters. The van der Waals surface area contributed by atoms with E-state index in [1.807, 2.05) is 18.2 Å². The van der Waals surface area contributed by atoms with Crippen LogP contribution in [0.1, 0.15) is 15.9 Å². The van der Waals surface area contributed by atoms with Crippen molar-refractivity contribution in [2.45, 2.75) is 6.54 Å². The fourth-order valence-corrected chi connectivity index (χ4v) is 2.10. The maximum absolute atomic E-state index is 11.3. The molecule has 0 bridgehead atoms. The Morgan fingerprint density at radius 1 is 0.867 bits per heavy atom. The lowest BCUT2D eigenvalue weighted by molar-refractivity contribution is -0.159. The van der Waals surface area contributed by atoms with Crippen LogP contribution in [0, 0.1) is 0 Å². The third-order valence-corrected chi connectivity index (χ3v) is 3.55. The van der Waals surface area contributed by atoms with Gasteiger partial charge in [-0.3, -0.25) is 0 Å². The van der Waals surface area contributed by atoms with Crippen LogP contribution in [0.3, 0.4) is 0 Å². The van der Waals surface area contributed by atoms with Crippen molar-refractivity contribution in [3.8, 4) is 5.75 Å². The third-order valence-electron chi connectivity index (χ3n) is 3.55. The molecule has 0 radical (unpaired) electrons. The van der Waals surface area contributed by atoms with Crippen molar-refractivity contribution in [3.05, 3.63) is 65.7 Å². The second-order valence-electron chi connectivity index (χ2n) is 5.75. The number of aliphatic carboxylic acids is 2. The number of hydrogen-bond acceptors (Lipinski definition) is 7. The molecule has 0 aromatic heterocycles. The molecule has 0 spiro atoms. The van der Waals surface area contributed by atoms with Gasteiger partial charge >= 0.3 is 17.9 Å². The lowest BCUT2D eigenvalue weighted by atomic mass is 10.2. The van der Waals surface area contributed by atoms with Crippen LogP contribution in [0.5, 0.6) is 5.75 Å². The molecule has 2 aromatic carbocycles. The Kier molecular flexibility index (Phi) is 11.9. The number of nitrogens with one attached hydrogen (secondary N) is 1. The van der Waals surface area contributed by atoms with Crippen LogP contribution < -0.4 is 10.1 Å². The van der Waals surface area contributed by atoms with Gasteiger partial charge < -0.3 is 29.7 Å². The summed E-state index contributed by atoms with van der Waals surface area (Å²) in [4.78, 5) is 29.5. The summed E-state index contributed by atoms with van der Waals surface area (Å²) >= 11 is 0. The molecule has 9 nitrogen and oxygen atoms in total. The number of methoxy groups -OCH3 is 1. The molecule has 30 heavy (non-hydrogen) atoms. The van der Waals surface area contributed by atoms with E-state index in [1.54, 1.807) is 24.3 Å². The number of carboxylic acid groups (broad SMARTS) is 2. The molecule has 3 N–H and O–H groups in total. The van der Waals surface area contributed by atoms with Gasteiger partial charge in [-0.2, -0.15) is 0 Å². The first-order valence-corrected chi connectivity index (χ1v) is 9.03. The lowest BCUT2D eigenvalue weighted by Gasteiger charge is -2.08.